The van der Waals surface area contributed by atoms with Gasteiger partial charge < -0.3 is 19.8 Å². The molecule has 0 saturated heterocycles. The van der Waals surface area contributed by atoms with Crippen molar-refractivity contribution < 1.29 is 19.7 Å². The van der Waals surface area contributed by atoms with Crippen molar-refractivity contribution in [1.29, 1.82) is 0 Å². The minimum Gasteiger partial charge on any atom is -0.484 e. The summed E-state index contributed by atoms with van der Waals surface area (Å²) >= 11 is 3.31. The third-order valence-electron chi connectivity index (χ3n) is 2.25. The first kappa shape index (κ1) is 14.9. The Morgan fingerprint density at radius 1 is 1.28 bits per heavy atom. The molecule has 0 aliphatic heterocycles. The first-order valence-corrected chi connectivity index (χ1v) is 6.34. The van der Waals surface area contributed by atoms with Gasteiger partial charge in [-0.25, -0.2) is 0 Å². The number of amides is 1. The van der Waals surface area contributed by atoms with Gasteiger partial charge in [-0.1, -0.05) is 22.0 Å². The van der Waals surface area contributed by atoms with Crippen LogP contribution in [0.1, 0.15) is 0 Å². The van der Waals surface area contributed by atoms with Crippen LogP contribution >= 0.6 is 15.9 Å². The minimum atomic E-state index is -0.266. The first-order chi connectivity index (χ1) is 8.67. The van der Waals surface area contributed by atoms with Crippen LogP contribution in [0, 0.1) is 0 Å². The van der Waals surface area contributed by atoms with Crippen molar-refractivity contribution in [2.45, 2.75) is 0 Å². The number of aliphatic hydroxyl groups is 2. The number of halogens is 1. The van der Waals surface area contributed by atoms with Crippen molar-refractivity contribution in [2.24, 2.45) is 0 Å². The van der Waals surface area contributed by atoms with Gasteiger partial charge in [-0.15, -0.1) is 0 Å². The minimum absolute atomic E-state index is 0.115. The summed E-state index contributed by atoms with van der Waals surface area (Å²) in [4.78, 5) is 13.1. The van der Waals surface area contributed by atoms with E-state index < -0.39 is 0 Å². The maximum Gasteiger partial charge on any atom is 0.260 e. The molecular formula is C12H16BrNO4. The van der Waals surface area contributed by atoms with Crippen molar-refractivity contribution in [3.05, 3.63) is 28.7 Å². The van der Waals surface area contributed by atoms with Gasteiger partial charge in [0.25, 0.3) is 5.91 Å². The SMILES string of the molecule is O=C(COc1cccc(Br)c1)N(CCO)CCO. The Morgan fingerprint density at radius 3 is 2.50 bits per heavy atom. The summed E-state index contributed by atoms with van der Waals surface area (Å²) in [5, 5.41) is 17.6. The van der Waals surface area contributed by atoms with E-state index in [-0.39, 0.29) is 38.8 Å². The lowest BCUT2D eigenvalue weighted by Crippen LogP contribution is -2.38. The number of benzene rings is 1. The van der Waals surface area contributed by atoms with Gasteiger partial charge in [0.05, 0.1) is 13.2 Å². The maximum atomic E-state index is 11.7. The van der Waals surface area contributed by atoms with E-state index in [0.29, 0.717) is 5.75 Å². The number of carbonyl (C=O) groups excluding carboxylic acids is 1. The molecule has 6 heteroatoms. The second-order valence-electron chi connectivity index (χ2n) is 3.57. The molecular weight excluding hydrogens is 302 g/mol. The van der Waals surface area contributed by atoms with Crippen LogP contribution in [0.25, 0.3) is 0 Å². The van der Waals surface area contributed by atoms with Crippen LogP contribution in [0.3, 0.4) is 0 Å². The Morgan fingerprint density at radius 2 is 1.94 bits per heavy atom. The van der Waals surface area contributed by atoms with E-state index in [4.69, 9.17) is 14.9 Å². The largest absolute Gasteiger partial charge is 0.484 e. The van der Waals surface area contributed by atoms with Crippen molar-refractivity contribution in [2.75, 3.05) is 32.9 Å². The maximum absolute atomic E-state index is 11.7. The molecule has 0 radical (unpaired) electrons. The highest BCUT2D eigenvalue weighted by molar-refractivity contribution is 9.10. The molecule has 0 spiro atoms. The summed E-state index contributed by atoms with van der Waals surface area (Å²) in [6.45, 7) is 0.00415. The molecule has 1 aromatic carbocycles. The molecule has 0 aliphatic carbocycles. The fourth-order valence-corrected chi connectivity index (χ4v) is 1.77. The molecule has 1 aromatic rings. The Balaban J connectivity index is 2.48. The molecule has 0 heterocycles. The topological polar surface area (TPSA) is 70.0 Å². The number of carbonyl (C=O) groups is 1. The summed E-state index contributed by atoms with van der Waals surface area (Å²) in [7, 11) is 0. The van der Waals surface area contributed by atoms with Gasteiger partial charge in [0.15, 0.2) is 6.61 Å². The molecule has 18 heavy (non-hydrogen) atoms. The van der Waals surface area contributed by atoms with Crippen molar-refractivity contribution >= 4 is 21.8 Å². The zero-order valence-corrected chi connectivity index (χ0v) is 11.5. The van der Waals surface area contributed by atoms with E-state index in [1.807, 2.05) is 12.1 Å². The van der Waals surface area contributed by atoms with Gasteiger partial charge in [-0.2, -0.15) is 0 Å². The predicted molar refractivity (Wildman–Crippen MR) is 70.4 cm³/mol. The number of nitrogens with zero attached hydrogens (tertiary/aromatic N) is 1. The standard InChI is InChI=1S/C12H16BrNO4/c13-10-2-1-3-11(8-10)18-9-12(17)14(4-6-15)5-7-16/h1-3,8,15-16H,4-7,9H2. The highest BCUT2D eigenvalue weighted by atomic mass is 79.9. The molecule has 5 nitrogen and oxygen atoms in total. The van der Waals surface area contributed by atoms with Crippen LogP contribution < -0.4 is 4.74 Å². The molecule has 0 aromatic heterocycles. The van der Waals surface area contributed by atoms with E-state index in [9.17, 15) is 4.79 Å². The molecule has 0 saturated carbocycles. The summed E-state index contributed by atoms with van der Waals surface area (Å²) < 4.78 is 6.21. The fraction of sp³-hybridized carbons (Fsp3) is 0.417. The molecule has 1 rings (SSSR count). The zero-order chi connectivity index (χ0) is 13.4. The lowest BCUT2D eigenvalue weighted by molar-refractivity contribution is -0.134. The summed E-state index contributed by atoms with van der Waals surface area (Å²) in [6, 6.07) is 7.18. The number of aliphatic hydroxyl groups excluding tert-OH is 2. The molecule has 0 unspecified atom stereocenters. The Hall–Kier alpha value is -1.11. The van der Waals surface area contributed by atoms with Gasteiger partial charge >= 0.3 is 0 Å². The second kappa shape index (κ2) is 8.07. The van der Waals surface area contributed by atoms with Gasteiger partial charge in [0.1, 0.15) is 5.75 Å². The summed E-state index contributed by atoms with van der Waals surface area (Å²) in [5.41, 5.74) is 0. The van der Waals surface area contributed by atoms with E-state index in [0.717, 1.165) is 4.47 Å². The molecule has 2 N–H and O–H groups in total. The highest BCUT2D eigenvalue weighted by Gasteiger charge is 2.12. The van der Waals surface area contributed by atoms with E-state index >= 15 is 0 Å². The molecule has 0 fully saturated rings. The Labute approximate surface area is 114 Å². The van der Waals surface area contributed by atoms with E-state index in [1.54, 1.807) is 12.1 Å². The van der Waals surface area contributed by atoms with E-state index in [2.05, 4.69) is 15.9 Å². The van der Waals surface area contributed by atoms with Crippen LogP contribution in [-0.4, -0.2) is 53.9 Å². The van der Waals surface area contributed by atoms with Gasteiger partial charge in [0.2, 0.25) is 0 Å². The van der Waals surface area contributed by atoms with Crippen LogP contribution in [0.4, 0.5) is 0 Å². The first-order valence-electron chi connectivity index (χ1n) is 5.55. The van der Waals surface area contributed by atoms with Crippen molar-refractivity contribution in [3.63, 3.8) is 0 Å². The monoisotopic (exact) mass is 317 g/mol. The molecule has 0 aliphatic rings. The average molecular weight is 318 g/mol. The normalized spacial score (nSPS) is 10.2. The number of ether oxygens (including phenoxy) is 1. The Kier molecular flexibility index (Phi) is 6.70. The number of rotatable bonds is 7. The zero-order valence-electron chi connectivity index (χ0n) is 9.88. The summed E-state index contributed by atoms with van der Waals surface area (Å²) in [6.07, 6.45) is 0. The fourth-order valence-electron chi connectivity index (χ4n) is 1.40. The second-order valence-corrected chi connectivity index (χ2v) is 4.49. The molecule has 0 bridgehead atoms. The molecule has 1 amide bonds. The molecule has 100 valence electrons. The van der Waals surface area contributed by atoms with Gasteiger partial charge in [-0.05, 0) is 18.2 Å². The highest BCUT2D eigenvalue weighted by Crippen LogP contribution is 2.17. The summed E-state index contributed by atoms with van der Waals surface area (Å²) in [5.74, 6) is 0.323. The number of hydrogen-bond donors (Lipinski definition) is 2. The van der Waals surface area contributed by atoms with E-state index in [1.165, 1.54) is 4.90 Å². The quantitative estimate of drug-likeness (QED) is 0.774. The Bertz CT molecular complexity index is 380. The van der Waals surface area contributed by atoms with Gasteiger partial charge in [-0.3, -0.25) is 4.79 Å². The van der Waals surface area contributed by atoms with Crippen molar-refractivity contribution in [1.82, 2.24) is 4.90 Å². The van der Waals surface area contributed by atoms with Crippen LogP contribution in [-0.2, 0) is 4.79 Å². The lowest BCUT2D eigenvalue weighted by Gasteiger charge is -2.20. The predicted octanol–water partition coefficient (Wildman–Crippen LogP) is 0.641. The van der Waals surface area contributed by atoms with Crippen LogP contribution in [0.2, 0.25) is 0 Å². The third-order valence-corrected chi connectivity index (χ3v) is 2.74. The lowest BCUT2D eigenvalue weighted by atomic mass is 10.3. The average Bonchev–Trinajstić information content (AvgIpc) is 2.36. The number of hydrogen-bond acceptors (Lipinski definition) is 4. The van der Waals surface area contributed by atoms with Gasteiger partial charge in [0, 0.05) is 17.6 Å². The van der Waals surface area contributed by atoms with Crippen molar-refractivity contribution in [3.8, 4) is 5.75 Å². The van der Waals surface area contributed by atoms with Crippen LogP contribution in [0.5, 0.6) is 5.75 Å². The smallest absolute Gasteiger partial charge is 0.260 e. The van der Waals surface area contributed by atoms with Crippen LogP contribution in [0.15, 0.2) is 28.7 Å². The third kappa shape index (κ3) is 5.03. The molecule has 0 atom stereocenters.